The Morgan fingerprint density at radius 1 is 0.824 bits per heavy atom. The van der Waals surface area contributed by atoms with Gasteiger partial charge in [-0.05, 0) is 60.7 Å². The van der Waals surface area contributed by atoms with Crippen LogP contribution in [0.25, 0.3) is 6.08 Å². The zero-order valence-electron chi connectivity index (χ0n) is 17.1. The lowest BCUT2D eigenvalue weighted by Crippen LogP contribution is -2.54. The number of carbonyl (C=O) groups excluding carboxylic acids is 3. The predicted octanol–water partition coefficient (Wildman–Crippen LogP) is 4.43. The number of barbiturate groups is 1. The first-order valence-electron chi connectivity index (χ1n) is 9.62. The number of urea groups is 1. The summed E-state index contributed by atoms with van der Waals surface area (Å²) in [5.74, 6) is -1.96. The zero-order chi connectivity index (χ0) is 24.5. The maximum atomic E-state index is 13.1. The van der Waals surface area contributed by atoms with E-state index >= 15 is 0 Å². The Morgan fingerprint density at radius 3 is 2.06 bits per heavy atom. The fraction of sp³-hybridized carbons (Fsp3) is 0. The lowest BCUT2D eigenvalue weighted by Gasteiger charge is -2.26. The molecule has 172 valence electrons. The molecule has 0 aliphatic carbocycles. The van der Waals surface area contributed by atoms with Crippen molar-refractivity contribution in [2.75, 3.05) is 4.90 Å². The number of amides is 4. The number of rotatable bonds is 5. The van der Waals surface area contributed by atoms with Crippen LogP contribution < -0.4 is 14.4 Å². The largest absolute Gasteiger partial charge is 0.378 e. The fourth-order valence-corrected chi connectivity index (χ4v) is 4.29. The summed E-state index contributed by atoms with van der Waals surface area (Å²) in [6.45, 7) is 0. The smallest absolute Gasteiger partial charge is 0.339 e. The number of imide groups is 2. The highest BCUT2D eigenvalue weighted by molar-refractivity contribution is 7.87. The number of nitrogens with zero attached hydrogens (tertiary/aromatic N) is 1. The molecule has 4 amide bonds. The highest BCUT2D eigenvalue weighted by Crippen LogP contribution is 2.28. The summed E-state index contributed by atoms with van der Waals surface area (Å²) in [7, 11) is -4.24. The molecule has 3 aromatic carbocycles. The quantitative estimate of drug-likeness (QED) is 0.305. The normalized spacial score (nSPS) is 15.4. The van der Waals surface area contributed by atoms with Crippen LogP contribution in [-0.2, 0) is 19.7 Å². The van der Waals surface area contributed by atoms with Gasteiger partial charge in [-0.1, -0.05) is 41.4 Å². The molecule has 0 unspecified atom stereocenters. The van der Waals surface area contributed by atoms with Crippen LogP contribution in [0.3, 0.4) is 0 Å². The van der Waals surface area contributed by atoms with Gasteiger partial charge in [-0.15, -0.1) is 0 Å². The van der Waals surface area contributed by atoms with Crippen molar-refractivity contribution in [2.45, 2.75) is 4.90 Å². The Labute approximate surface area is 204 Å². The number of hydrogen-bond acceptors (Lipinski definition) is 6. The second kappa shape index (κ2) is 9.30. The third-order valence-electron chi connectivity index (χ3n) is 4.71. The van der Waals surface area contributed by atoms with E-state index in [1.165, 1.54) is 66.7 Å². The molecule has 1 saturated heterocycles. The maximum absolute atomic E-state index is 13.1. The molecule has 0 bridgehead atoms. The van der Waals surface area contributed by atoms with Crippen LogP contribution in [0.2, 0.25) is 10.0 Å². The Bertz CT molecular complexity index is 1440. The van der Waals surface area contributed by atoms with Gasteiger partial charge in [0.25, 0.3) is 11.8 Å². The molecule has 0 atom stereocenters. The molecule has 3 aromatic rings. The average Bonchev–Trinajstić information content (AvgIpc) is 2.79. The summed E-state index contributed by atoms with van der Waals surface area (Å²) in [6, 6.07) is 16.2. The Kier molecular flexibility index (Phi) is 6.43. The van der Waals surface area contributed by atoms with Gasteiger partial charge in [0, 0.05) is 15.6 Å². The SMILES string of the molecule is O=C1NC(=O)N(c2ccc(Cl)cc2)C(=O)/C1=C/c1ccccc1OS(=O)(=O)c1ccc(Cl)cc1. The maximum Gasteiger partial charge on any atom is 0.339 e. The minimum atomic E-state index is -4.24. The van der Waals surface area contributed by atoms with E-state index in [1.54, 1.807) is 6.07 Å². The van der Waals surface area contributed by atoms with Crippen molar-refractivity contribution in [3.05, 3.63) is 94.0 Å². The van der Waals surface area contributed by atoms with Crippen LogP contribution in [0.15, 0.2) is 83.3 Å². The van der Waals surface area contributed by atoms with E-state index in [4.69, 9.17) is 27.4 Å². The monoisotopic (exact) mass is 516 g/mol. The molecule has 0 spiro atoms. The van der Waals surface area contributed by atoms with Crippen LogP contribution in [0.4, 0.5) is 10.5 Å². The third-order valence-corrected chi connectivity index (χ3v) is 6.46. The third kappa shape index (κ3) is 4.81. The average molecular weight is 517 g/mol. The molecule has 0 radical (unpaired) electrons. The summed E-state index contributed by atoms with van der Waals surface area (Å²) in [6.07, 6.45) is 1.15. The fourth-order valence-electron chi connectivity index (χ4n) is 3.08. The van der Waals surface area contributed by atoms with E-state index in [0.717, 1.165) is 11.0 Å². The van der Waals surface area contributed by atoms with E-state index in [1.807, 2.05) is 0 Å². The van der Waals surface area contributed by atoms with Gasteiger partial charge < -0.3 is 4.18 Å². The molecule has 34 heavy (non-hydrogen) atoms. The Morgan fingerprint density at radius 2 is 1.41 bits per heavy atom. The van der Waals surface area contributed by atoms with E-state index < -0.39 is 33.5 Å². The molecule has 1 heterocycles. The number of carbonyl (C=O) groups is 3. The summed E-state index contributed by atoms with van der Waals surface area (Å²) < 4.78 is 30.7. The van der Waals surface area contributed by atoms with Crippen molar-refractivity contribution >= 4 is 62.9 Å². The number of para-hydroxylation sites is 1. The van der Waals surface area contributed by atoms with E-state index in [2.05, 4.69) is 5.32 Å². The van der Waals surface area contributed by atoms with Crippen LogP contribution >= 0.6 is 23.2 Å². The van der Waals surface area contributed by atoms with Crippen molar-refractivity contribution < 1.29 is 27.0 Å². The van der Waals surface area contributed by atoms with Crippen LogP contribution in [0.5, 0.6) is 5.75 Å². The molecule has 4 rings (SSSR count). The van der Waals surface area contributed by atoms with Crippen molar-refractivity contribution in [1.82, 2.24) is 5.32 Å². The molecule has 8 nitrogen and oxygen atoms in total. The molecule has 1 aliphatic rings. The number of anilines is 1. The topological polar surface area (TPSA) is 110 Å². The summed E-state index contributed by atoms with van der Waals surface area (Å²) in [5, 5.41) is 2.85. The van der Waals surface area contributed by atoms with Gasteiger partial charge in [0.15, 0.2) is 0 Å². The summed E-state index contributed by atoms with van der Waals surface area (Å²) in [5.41, 5.74) is -0.0708. The molecular weight excluding hydrogens is 503 g/mol. The first kappa shape index (κ1) is 23.5. The standard InChI is InChI=1S/C23H14Cl2N2O6S/c24-15-5-9-17(10-6-15)27-22(29)19(21(28)26-23(27)30)13-14-3-1-2-4-20(14)33-34(31,32)18-11-7-16(25)8-12-18/h1-13H,(H,26,28,30)/b19-13+. The molecule has 1 N–H and O–H groups in total. The lowest BCUT2D eigenvalue weighted by atomic mass is 10.1. The highest BCUT2D eigenvalue weighted by Gasteiger charge is 2.37. The van der Waals surface area contributed by atoms with Gasteiger partial charge in [-0.2, -0.15) is 8.42 Å². The van der Waals surface area contributed by atoms with Crippen molar-refractivity contribution in [2.24, 2.45) is 0 Å². The predicted molar refractivity (Wildman–Crippen MR) is 126 cm³/mol. The minimum absolute atomic E-state index is 0.125. The van der Waals surface area contributed by atoms with Gasteiger partial charge in [0.1, 0.15) is 16.2 Å². The van der Waals surface area contributed by atoms with Crippen LogP contribution in [-0.4, -0.2) is 26.3 Å². The zero-order valence-corrected chi connectivity index (χ0v) is 19.4. The molecular formula is C23H14Cl2N2O6S. The van der Waals surface area contributed by atoms with E-state index in [0.29, 0.717) is 10.0 Å². The number of benzene rings is 3. The second-order valence-electron chi connectivity index (χ2n) is 6.96. The number of halogens is 2. The molecule has 11 heteroatoms. The first-order valence-corrected chi connectivity index (χ1v) is 11.8. The summed E-state index contributed by atoms with van der Waals surface area (Å²) >= 11 is 11.7. The number of nitrogens with one attached hydrogen (secondary N) is 1. The molecule has 0 aromatic heterocycles. The van der Waals surface area contributed by atoms with Crippen molar-refractivity contribution in [3.63, 3.8) is 0 Å². The lowest BCUT2D eigenvalue weighted by molar-refractivity contribution is -0.122. The Balaban J connectivity index is 1.70. The van der Waals surface area contributed by atoms with E-state index in [9.17, 15) is 22.8 Å². The van der Waals surface area contributed by atoms with Gasteiger partial charge in [-0.3, -0.25) is 14.9 Å². The second-order valence-corrected chi connectivity index (χ2v) is 9.38. The highest BCUT2D eigenvalue weighted by atomic mass is 35.5. The van der Waals surface area contributed by atoms with Crippen LogP contribution in [0.1, 0.15) is 5.56 Å². The van der Waals surface area contributed by atoms with Gasteiger partial charge >= 0.3 is 16.1 Å². The van der Waals surface area contributed by atoms with Gasteiger partial charge in [0.05, 0.1) is 5.69 Å². The van der Waals surface area contributed by atoms with E-state index in [-0.39, 0.29) is 21.9 Å². The van der Waals surface area contributed by atoms with Crippen LogP contribution in [0, 0.1) is 0 Å². The molecule has 1 fully saturated rings. The first-order chi connectivity index (χ1) is 16.2. The Hall–Kier alpha value is -3.66. The van der Waals surface area contributed by atoms with Crippen molar-refractivity contribution in [3.8, 4) is 5.75 Å². The number of hydrogen-bond donors (Lipinski definition) is 1. The van der Waals surface area contributed by atoms with Crippen molar-refractivity contribution in [1.29, 1.82) is 0 Å². The minimum Gasteiger partial charge on any atom is -0.378 e. The molecule has 1 aliphatic heterocycles. The van der Waals surface area contributed by atoms with Gasteiger partial charge in [-0.25, -0.2) is 9.69 Å². The van der Waals surface area contributed by atoms with Gasteiger partial charge in [0.2, 0.25) is 0 Å². The summed E-state index contributed by atoms with van der Waals surface area (Å²) in [4.78, 5) is 38.5. The molecule has 0 saturated carbocycles.